The molecule has 1 heterocycles. The molecule has 0 aliphatic heterocycles. The van der Waals surface area contributed by atoms with E-state index in [0.29, 0.717) is 6.04 Å². The maximum Gasteiger partial charge on any atom is 0.0271 e. The van der Waals surface area contributed by atoms with Crippen molar-refractivity contribution in [2.45, 2.75) is 31.8 Å². The third kappa shape index (κ3) is 3.58. The van der Waals surface area contributed by atoms with Gasteiger partial charge >= 0.3 is 0 Å². The number of hydrogen-bond acceptors (Lipinski definition) is 3. The highest BCUT2D eigenvalue weighted by molar-refractivity contribution is 5.09. The van der Waals surface area contributed by atoms with Gasteiger partial charge < -0.3 is 10.6 Å². The molecule has 16 heavy (non-hydrogen) atoms. The molecule has 3 heteroatoms. The quantitative estimate of drug-likeness (QED) is 0.791. The zero-order valence-electron chi connectivity index (χ0n) is 9.97. The van der Waals surface area contributed by atoms with Crippen LogP contribution in [-0.2, 0) is 6.54 Å². The average Bonchev–Trinajstić information content (AvgIpc) is 3.11. The number of aromatic nitrogens is 1. The minimum atomic E-state index is 0.417. The first-order chi connectivity index (χ1) is 7.75. The van der Waals surface area contributed by atoms with E-state index in [1.54, 1.807) is 0 Å². The normalized spacial score (nSPS) is 17.7. The minimum Gasteiger partial charge on any atom is -0.327 e. The fraction of sp³-hybridized carbons (Fsp3) is 0.615. The van der Waals surface area contributed by atoms with Crippen molar-refractivity contribution >= 4 is 0 Å². The standard InChI is InChI=1S/C13H21N3/c1-16(9-6-13(14)12-2-3-12)10-11-4-7-15-8-5-11/h4-5,7-8,12-13H,2-3,6,9-10,14H2,1H3. The summed E-state index contributed by atoms with van der Waals surface area (Å²) in [6, 6.07) is 4.55. The molecule has 3 nitrogen and oxygen atoms in total. The molecule has 0 radical (unpaired) electrons. The zero-order valence-corrected chi connectivity index (χ0v) is 9.97. The summed E-state index contributed by atoms with van der Waals surface area (Å²) in [5, 5.41) is 0. The molecule has 2 N–H and O–H groups in total. The molecular weight excluding hydrogens is 198 g/mol. The van der Waals surface area contributed by atoms with Gasteiger partial charge in [-0.3, -0.25) is 4.98 Å². The summed E-state index contributed by atoms with van der Waals surface area (Å²) in [7, 11) is 2.15. The lowest BCUT2D eigenvalue weighted by atomic mass is 10.1. The van der Waals surface area contributed by atoms with Crippen molar-refractivity contribution in [3.05, 3.63) is 30.1 Å². The molecule has 1 fully saturated rings. The Morgan fingerprint density at radius 2 is 2.12 bits per heavy atom. The zero-order chi connectivity index (χ0) is 11.4. The minimum absolute atomic E-state index is 0.417. The van der Waals surface area contributed by atoms with Crippen molar-refractivity contribution in [2.24, 2.45) is 11.7 Å². The van der Waals surface area contributed by atoms with Crippen molar-refractivity contribution in [3.63, 3.8) is 0 Å². The van der Waals surface area contributed by atoms with Crippen molar-refractivity contribution in [2.75, 3.05) is 13.6 Å². The largest absolute Gasteiger partial charge is 0.327 e. The van der Waals surface area contributed by atoms with Crippen LogP contribution in [0.4, 0.5) is 0 Å². The molecule has 1 aliphatic rings. The Labute approximate surface area is 97.7 Å². The second-order valence-electron chi connectivity index (χ2n) is 4.88. The van der Waals surface area contributed by atoms with Crippen LogP contribution in [0.25, 0.3) is 0 Å². The summed E-state index contributed by atoms with van der Waals surface area (Å²) in [5.41, 5.74) is 7.40. The Kier molecular flexibility index (Phi) is 3.91. The Morgan fingerprint density at radius 1 is 1.44 bits per heavy atom. The number of nitrogens with zero attached hydrogens (tertiary/aromatic N) is 2. The lowest BCUT2D eigenvalue weighted by molar-refractivity contribution is 0.305. The van der Waals surface area contributed by atoms with Crippen LogP contribution in [-0.4, -0.2) is 29.5 Å². The number of pyridine rings is 1. The molecule has 0 bridgehead atoms. The number of nitrogens with two attached hydrogens (primary N) is 1. The Balaban J connectivity index is 1.69. The van der Waals surface area contributed by atoms with E-state index >= 15 is 0 Å². The highest BCUT2D eigenvalue weighted by atomic mass is 15.1. The molecule has 1 saturated carbocycles. The molecule has 1 atom stereocenters. The van der Waals surface area contributed by atoms with Crippen LogP contribution in [0.15, 0.2) is 24.5 Å². The first-order valence-corrected chi connectivity index (χ1v) is 6.09. The molecule has 0 aromatic carbocycles. The molecule has 1 aliphatic carbocycles. The fourth-order valence-electron chi connectivity index (χ4n) is 2.01. The molecular formula is C13H21N3. The van der Waals surface area contributed by atoms with Crippen LogP contribution >= 0.6 is 0 Å². The topological polar surface area (TPSA) is 42.1 Å². The summed E-state index contributed by atoms with van der Waals surface area (Å²) >= 11 is 0. The van der Waals surface area contributed by atoms with Crippen molar-refractivity contribution in [1.29, 1.82) is 0 Å². The van der Waals surface area contributed by atoms with Crippen molar-refractivity contribution in [3.8, 4) is 0 Å². The van der Waals surface area contributed by atoms with Gasteiger partial charge in [0.25, 0.3) is 0 Å². The smallest absolute Gasteiger partial charge is 0.0271 e. The Bertz CT molecular complexity index is 308. The van der Waals surface area contributed by atoms with E-state index in [2.05, 4.69) is 29.1 Å². The molecule has 1 aromatic rings. The third-order valence-electron chi connectivity index (χ3n) is 3.27. The molecule has 0 amide bonds. The molecule has 1 aromatic heterocycles. The third-order valence-corrected chi connectivity index (χ3v) is 3.27. The first-order valence-electron chi connectivity index (χ1n) is 6.09. The predicted octanol–water partition coefficient (Wildman–Crippen LogP) is 1.64. The van der Waals surface area contributed by atoms with Gasteiger partial charge in [-0.1, -0.05) is 0 Å². The summed E-state index contributed by atoms with van der Waals surface area (Å²) in [6.45, 7) is 2.07. The van der Waals surface area contributed by atoms with Gasteiger partial charge in [-0.25, -0.2) is 0 Å². The van der Waals surface area contributed by atoms with Crippen LogP contribution in [0.2, 0.25) is 0 Å². The van der Waals surface area contributed by atoms with E-state index in [1.165, 1.54) is 18.4 Å². The molecule has 2 rings (SSSR count). The van der Waals surface area contributed by atoms with Crippen molar-refractivity contribution < 1.29 is 0 Å². The van der Waals surface area contributed by atoms with E-state index in [4.69, 9.17) is 5.73 Å². The Morgan fingerprint density at radius 3 is 2.75 bits per heavy atom. The van der Waals surface area contributed by atoms with E-state index in [9.17, 15) is 0 Å². The summed E-state index contributed by atoms with van der Waals surface area (Å²) in [6.07, 6.45) is 7.49. The SMILES string of the molecule is CN(CCC(N)C1CC1)Cc1ccncc1. The van der Waals surface area contributed by atoms with Gasteiger partial charge in [-0.15, -0.1) is 0 Å². The lowest BCUT2D eigenvalue weighted by Gasteiger charge is -2.19. The van der Waals surface area contributed by atoms with E-state index in [1.807, 2.05) is 12.4 Å². The fourth-order valence-corrected chi connectivity index (χ4v) is 2.01. The van der Waals surface area contributed by atoms with Crippen LogP contribution in [0.3, 0.4) is 0 Å². The number of rotatable bonds is 6. The van der Waals surface area contributed by atoms with Gasteiger partial charge in [-0.2, -0.15) is 0 Å². The van der Waals surface area contributed by atoms with Gasteiger partial charge in [0.2, 0.25) is 0 Å². The molecule has 0 saturated heterocycles. The molecule has 88 valence electrons. The van der Waals surface area contributed by atoms with Crippen LogP contribution in [0, 0.1) is 5.92 Å². The van der Waals surface area contributed by atoms with Gasteiger partial charge in [0.15, 0.2) is 0 Å². The predicted molar refractivity (Wildman–Crippen MR) is 65.9 cm³/mol. The maximum absolute atomic E-state index is 6.08. The lowest BCUT2D eigenvalue weighted by Crippen LogP contribution is -2.29. The van der Waals surface area contributed by atoms with Crippen molar-refractivity contribution in [1.82, 2.24) is 9.88 Å². The second kappa shape index (κ2) is 5.41. The van der Waals surface area contributed by atoms with Gasteiger partial charge in [0.05, 0.1) is 0 Å². The molecule has 1 unspecified atom stereocenters. The van der Waals surface area contributed by atoms with Gasteiger partial charge in [0, 0.05) is 25.0 Å². The summed E-state index contributed by atoms with van der Waals surface area (Å²) < 4.78 is 0. The first kappa shape index (κ1) is 11.6. The summed E-state index contributed by atoms with van der Waals surface area (Å²) in [4.78, 5) is 6.35. The maximum atomic E-state index is 6.08. The Hall–Kier alpha value is -0.930. The van der Waals surface area contributed by atoms with E-state index in [-0.39, 0.29) is 0 Å². The molecule has 0 spiro atoms. The van der Waals surface area contributed by atoms with Crippen LogP contribution < -0.4 is 5.73 Å². The van der Waals surface area contributed by atoms with Crippen LogP contribution in [0.5, 0.6) is 0 Å². The monoisotopic (exact) mass is 219 g/mol. The second-order valence-corrected chi connectivity index (χ2v) is 4.88. The van der Waals surface area contributed by atoms with Crippen LogP contribution in [0.1, 0.15) is 24.8 Å². The van der Waals surface area contributed by atoms with Gasteiger partial charge in [-0.05, 0) is 56.5 Å². The highest BCUT2D eigenvalue weighted by Crippen LogP contribution is 2.32. The number of hydrogen-bond donors (Lipinski definition) is 1. The average molecular weight is 219 g/mol. The van der Waals surface area contributed by atoms with E-state index in [0.717, 1.165) is 25.4 Å². The van der Waals surface area contributed by atoms with E-state index < -0.39 is 0 Å². The van der Waals surface area contributed by atoms with Gasteiger partial charge in [0.1, 0.15) is 0 Å². The summed E-state index contributed by atoms with van der Waals surface area (Å²) in [5.74, 6) is 0.814. The highest BCUT2D eigenvalue weighted by Gasteiger charge is 2.27.